The molecular weight excluding hydrogens is 534 g/mol. The molecule has 9 heteroatoms. The predicted molar refractivity (Wildman–Crippen MR) is 165 cm³/mol. The minimum absolute atomic E-state index is 0.0166. The number of likely N-dealkylation sites (N-methyl/N-ethyl adjacent to an activating group) is 1. The van der Waals surface area contributed by atoms with Gasteiger partial charge in [-0.25, -0.2) is 0 Å². The van der Waals surface area contributed by atoms with Crippen molar-refractivity contribution in [2.45, 2.75) is 64.8 Å². The van der Waals surface area contributed by atoms with E-state index >= 15 is 0 Å². The quantitative estimate of drug-likeness (QED) is 0.427. The van der Waals surface area contributed by atoms with Crippen molar-refractivity contribution < 1.29 is 28.5 Å². The van der Waals surface area contributed by atoms with E-state index in [0.717, 1.165) is 55.1 Å². The first-order valence-corrected chi connectivity index (χ1v) is 15.1. The molecule has 2 aliphatic rings. The van der Waals surface area contributed by atoms with Crippen LogP contribution in [0.4, 0.5) is 5.69 Å². The molecule has 4 rings (SSSR count). The van der Waals surface area contributed by atoms with Crippen molar-refractivity contribution >= 4 is 11.6 Å². The Hall–Kier alpha value is -3.01. The number of fused-ring (bicyclic) bond motifs is 2. The Morgan fingerprint density at radius 1 is 1.02 bits per heavy atom. The highest BCUT2D eigenvalue weighted by molar-refractivity contribution is 5.98. The summed E-state index contributed by atoms with van der Waals surface area (Å²) in [6, 6.07) is 11.9. The lowest BCUT2D eigenvalue weighted by molar-refractivity contribution is -0.0186. The summed E-state index contributed by atoms with van der Waals surface area (Å²) in [4.78, 5) is 20.5. The van der Waals surface area contributed by atoms with E-state index in [1.54, 1.807) is 7.11 Å². The Kier molecular flexibility index (Phi) is 11.4. The molecule has 0 unspecified atom stereocenters. The number of methoxy groups -OCH3 is 1. The first-order valence-electron chi connectivity index (χ1n) is 15.1. The molecule has 0 N–H and O–H groups in total. The van der Waals surface area contributed by atoms with Gasteiger partial charge >= 0.3 is 0 Å². The topological polar surface area (TPSA) is 72.9 Å². The molecule has 232 valence electrons. The molecule has 0 aromatic heterocycles. The lowest BCUT2D eigenvalue weighted by Gasteiger charge is -2.36. The molecule has 2 heterocycles. The fourth-order valence-corrected chi connectivity index (χ4v) is 5.61. The summed E-state index contributed by atoms with van der Waals surface area (Å²) >= 11 is 0. The zero-order chi connectivity index (χ0) is 30.2. The molecule has 2 aliphatic heterocycles. The normalized spacial score (nSPS) is 22.3. The van der Waals surface area contributed by atoms with Crippen molar-refractivity contribution in [3.63, 3.8) is 0 Å². The van der Waals surface area contributed by atoms with E-state index in [1.807, 2.05) is 61.2 Å². The van der Waals surface area contributed by atoms with E-state index < -0.39 is 0 Å². The highest BCUT2D eigenvalue weighted by Gasteiger charge is 2.30. The third-order valence-corrected chi connectivity index (χ3v) is 8.08. The summed E-state index contributed by atoms with van der Waals surface area (Å²) in [7, 11) is 7.75. The molecule has 0 fully saturated rings. The third kappa shape index (κ3) is 8.30. The van der Waals surface area contributed by atoms with Crippen LogP contribution in [-0.2, 0) is 16.0 Å². The van der Waals surface area contributed by atoms with Gasteiger partial charge in [0.15, 0.2) is 11.5 Å². The summed E-state index contributed by atoms with van der Waals surface area (Å²) in [6.07, 6.45) is 2.76. The second-order valence-electron chi connectivity index (χ2n) is 12.0. The highest BCUT2D eigenvalue weighted by atomic mass is 16.7. The molecule has 1 amide bonds. The number of carbonyl (C=O) groups is 1. The van der Waals surface area contributed by atoms with Gasteiger partial charge in [-0.05, 0) is 76.1 Å². The summed E-state index contributed by atoms with van der Waals surface area (Å²) in [6.45, 7) is 9.69. The zero-order valence-electron chi connectivity index (χ0n) is 26.4. The fourth-order valence-electron chi connectivity index (χ4n) is 5.61. The van der Waals surface area contributed by atoms with Crippen LogP contribution in [0.2, 0.25) is 0 Å². The number of ether oxygens (including phenoxy) is 5. The summed E-state index contributed by atoms with van der Waals surface area (Å²) in [5, 5.41) is 0. The Morgan fingerprint density at radius 2 is 1.79 bits per heavy atom. The first kappa shape index (κ1) is 31.9. The van der Waals surface area contributed by atoms with Crippen LogP contribution in [-0.4, -0.2) is 95.3 Å². The molecule has 0 bridgehead atoms. The molecule has 2 aromatic carbocycles. The average molecular weight is 584 g/mol. The average Bonchev–Trinajstić information content (AvgIpc) is 3.42. The van der Waals surface area contributed by atoms with Gasteiger partial charge in [0.25, 0.3) is 5.91 Å². The van der Waals surface area contributed by atoms with Crippen molar-refractivity contribution in [1.82, 2.24) is 9.80 Å². The molecular formula is C33H49N3O6. The second kappa shape index (κ2) is 14.9. The molecule has 42 heavy (non-hydrogen) atoms. The van der Waals surface area contributed by atoms with Crippen molar-refractivity contribution in [3.05, 3.63) is 47.5 Å². The molecule has 9 nitrogen and oxygen atoms in total. The van der Waals surface area contributed by atoms with E-state index in [-0.39, 0.29) is 36.9 Å². The maximum Gasteiger partial charge on any atom is 0.258 e. The van der Waals surface area contributed by atoms with Crippen molar-refractivity contribution in [1.29, 1.82) is 0 Å². The van der Waals surface area contributed by atoms with Gasteiger partial charge in [0.05, 0.1) is 30.4 Å². The number of hydrogen-bond donors (Lipinski definition) is 0. The lowest BCUT2D eigenvalue weighted by atomic mass is 10.0. The first-order chi connectivity index (χ1) is 20.2. The van der Waals surface area contributed by atoms with E-state index in [0.29, 0.717) is 31.1 Å². The third-order valence-electron chi connectivity index (χ3n) is 8.08. The van der Waals surface area contributed by atoms with E-state index in [9.17, 15) is 4.79 Å². The smallest absolute Gasteiger partial charge is 0.258 e. The minimum atomic E-state index is -0.127. The summed E-state index contributed by atoms with van der Waals surface area (Å²) in [5.74, 6) is 2.24. The molecule has 0 spiro atoms. The largest absolute Gasteiger partial charge is 0.490 e. The van der Waals surface area contributed by atoms with Gasteiger partial charge in [0.1, 0.15) is 5.75 Å². The molecule has 0 saturated carbocycles. The highest BCUT2D eigenvalue weighted by Crippen LogP contribution is 2.33. The molecule has 4 atom stereocenters. The maximum atomic E-state index is 14.3. The van der Waals surface area contributed by atoms with E-state index in [2.05, 4.69) is 31.9 Å². The van der Waals surface area contributed by atoms with Crippen LogP contribution >= 0.6 is 0 Å². The number of anilines is 1. The van der Waals surface area contributed by atoms with Gasteiger partial charge in [-0.3, -0.25) is 9.69 Å². The van der Waals surface area contributed by atoms with Crippen LogP contribution in [0.15, 0.2) is 36.4 Å². The monoisotopic (exact) mass is 583 g/mol. The van der Waals surface area contributed by atoms with Gasteiger partial charge in [-0.15, -0.1) is 0 Å². The molecule has 0 saturated heterocycles. The summed E-state index contributed by atoms with van der Waals surface area (Å²) in [5.41, 5.74) is 2.69. The van der Waals surface area contributed by atoms with E-state index in [1.165, 1.54) is 0 Å². The Morgan fingerprint density at radius 3 is 2.55 bits per heavy atom. The van der Waals surface area contributed by atoms with Crippen LogP contribution in [0, 0.1) is 5.92 Å². The number of rotatable bonds is 8. The standard InChI is InChI=1S/C33H49N3O6/c1-23-18-36(24(2)21-38-7)33(37)28-17-27(34(4)5)12-14-29(28)42-25(3)10-8-9-15-39-32(23)20-35(6)19-26-11-13-30-31(16-26)41-22-40-30/h11-14,16-17,23-25,32H,8-10,15,18-22H2,1-7H3/t23-,24+,25+,32+/m1/s1. The summed E-state index contributed by atoms with van der Waals surface area (Å²) < 4.78 is 29.5. The SMILES string of the molecule is COC[C@H](C)N1C[C@@H](C)[C@H](CN(C)Cc2ccc3c(c2)OCO3)OCCCC[C@H](C)Oc2ccc(N(C)C)cc2C1=O. The van der Waals surface area contributed by atoms with Crippen LogP contribution in [0.1, 0.15) is 56.0 Å². The second-order valence-corrected chi connectivity index (χ2v) is 12.0. The maximum absolute atomic E-state index is 14.3. The van der Waals surface area contributed by atoms with Crippen molar-refractivity contribution in [3.8, 4) is 17.2 Å². The van der Waals surface area contributed by atoms with Gasteiger partial charge in [-0.2, -0.15) is 0 Å². The van der Waals surface area contributed by atoms with Gasteiger partial charge in [-0.1, -0.05) is 13.0 Å². The molecule has 0 radical (unpaired) electrons. The number of hydrogen-bond acceptors (Lipinski definition) is 8. The van der Waals surface area contributed by atoms with Crippen molar-refractivity contribution in [2.75, 3.05) is 66.2 Å². The number of amides is 1. The lowest BCUT2D eigenvalue weighted by Crippen LogP contribution is -2.47. The zero-order valence-corrected chi connectivity index (χ0v) is 26.4. The van der Waals surface area contributed by atoms with Crippen LogP contribution < -0.4 is 19.1 Å². The van der Waals surface area contributed by atoms with Crippen LogP contribution in [0.25, 0.3) is 0 Å². The number of benzene rings is 2. The van der Waals surface area contributed by atoms with E-state index in [4.69, 9.17) is 23.7 Å². The molecule has 0 aliphatic carbocycles. The Labute approximate surface area is 251 Å². The molecule has 2 aromatic rings. The Bertz CT molecular complexity index is 1170. The Balaban J connectivity index is 1.58. The van der Waals surface area contributed by atoms with Gasteiger partial charge < -0.3 is 33.5 Å². The van der Waals surface area contributed by atoms with Crippen LogP contribution in [0.3, 0.4) is 0 Å². The number of nitrogens with zero attached hydrogens (tertiary/aromatic N) is 3. The van der Waals surface area contributed by atoms with Crippen LogP contribution in [0.5, 0.6) is 17.2 Å². The van der Waals surface area contributed by atoms with Gasteiger partial charge in [0, 0.05) is 59.1 Å². The fraction of sp³-hybridized carbons (Fsp3) is 0.606. The number of carbonyl (C=O) groups excluding carboxylic acids is 1. The van der Waals surface area contributed by atoms with Gasteiger partial charge in [0.2, 0.25) is 6.79 Å². The minimum Gasteiger partial charge on any atom is -0.490 e. The predicted octanol–water partition coefficient (Wildman–Crippen LogP) is 5.06. The van der Waals surface area contributed by atoms with Crippen molar-refractivity contribution in [2.24, 2.45) is 5.92 Å².